The lowest BCUT2D eigenvalue weighted by atomic mass is 10.2. The monoisotopic (exact) mass is 295 g/mol. The molecule has 0 saturated heterocycles. The van der Waals surface area contributed by atoms with Gasteiger partial charge in [0.05, 0.1) is 6.21 Å². The first-order chi connectivity index (χ1) is 10.7. The number of hydrogen-bond acceptors (Lipinski definition) is 3. The molecule has 1 N–H and O–H groups in total. The van der Waals surface area contributed by atoms with Gasteiger partial charge in [0.2, 0.25) is 0 Å². The second-order valence-electron chi connectivity index (χ2n) is 4.83. The highest BCUT2D eigenvalue weighted by molar-refractivity contribution is 5.94. The van der Waals surface area contributed by atoms with Crippen molar-refractivity contribution in [1.82, 2.24) is 5.43 Å². The van der Waals surface area contributed by atoms with E-state index in [9.17, 15) is 4.79 Å². The fourth-order valence-corrected chi connectivity index (χ4v) is 2.18. The Morgan fingerprint density at radius 2 is 1.68 bits per heavy atom. The number of hydrogen-bond donors (Lipinski definition) is 1. The van der Waals surface area contributed by atoms with Gasteiger partial charge in [0, 0.05) is 24.3 Å². The van der Waals surface area contributed by atoms with Crippen molar-refractivity contribution in [2.24, 2.45) is 5.10 Å². The molecule has 0 aliphatic rings. The van der Waals surface area contributed by atoms with E-state index in [4.69, 9.17) is 0 Å². The maximum atomic E-state index is 11.8. The van der Waals surface area contributed by atoms with E-state index in [1.54, 1.807) is 18.3 Å². The first-order valence-electron chi connectivity index (χ1n) is 7.48. The number of carbonyl (C=O) groups excluding carboxylic acids is 1. The van der Waals surface area contributed by atoms with Gasteiger partial charge in [0.1, 0.15) is 0 Å². The van der Waals surface area contributed by atoms with Crippen LogP contribution < -0.4 is 10.3 Å². The Hall–Kier alpha value is -2.62. The molecule has 2 rings (SSSR count). The van der Waals surface area contributed by atoms with Crippen molar-refractivity contribution in [3.05, 3.63) is 65.7 Å². The number of carbonyl (C=O) groups is 1. The van der Waals surface area contributed by atoms with E-state index in [2.05, 4.69) is 41.4 Å². The van der Waals surface area contributed by atoms with Crippen molar-refractivity contribution >= 4 is 17.8 Å². The summed E-state index contributed by atoms with van der Waals surface area (Å²) in [5.41, 5.74) is 5.26. The first kappa shape index (κ1) is 15.8. The molecule has 2 aromatic carbocycles. The molecule has 0 radical (unpaired) electrons. The molecule has 4 heteroatoms. The number of hydrazone groups is 1. The largest absolute Gasteiger partial charge is 0.372 e. The van der Waals surface area contributed by atoms with E-state index in [-0.39, 0.29) is 5.91 Å². The number of anilines is 1. The van der Waals surface area contributed by atoms with Crippen LogP contribution in [0.2, 0.25) is 0 Å². The summed E-state index contributed by atoms with van der Waals surface area (Å²) in [5.74, 6) is -0.211. The number of amides is 1. The summed E-state index contributed by atoms with van der Waals surface area (Å²) in [6.07, 6.45) is 1.65. The lowest BCUT2D eigenvalue weighted by Gasteiger charge is -2.20. The van der Waals surface area contributed by atoms with Gasteiger partial charge in [0.15, 0.2) is 0 Å². The molecular weight excluding hydrogens is 274 g/mol. The lowest BCUT2D eigenvalue weighted by molar-refractivity contribution is 0.0955. The van der Waals surface area contributed by atoms with Gasteiger partial charge in [0.25, 0.3) is 5.91 Å². The van der Waals surface area contributed by atoms with Crippen molar-refractivity contribution in [1.29, 1.82) is 0 Å². The summed E-state index contributed by atoms with van der Waals surface area (Å²) in [6, 6.07) is 17.1. The average Bonchev–Trinajstić information content (AvgIpc) is 2.58. The topological polar surface area (TPSA) is 44.7 Å². The summed E-state index contributed by atoms with van der Waals surface area (Å²) >= 11 is 0. The fraction of sp³-hybridized carbons (Fsp3) is 0.222. The highest BCUT2D eigenvalue weighted by Gasteiger charge is 2.02. The summed E-state index contributed by atoms with van der Waals surface area (Å²) < 4.78 is 0. The minimum Gasteiger partial charge on any atom is -0.372 e. The molecule has 0 aliphatic carbocycles. The lowest BCUT2D eigenvalue weighted by Crippen LogP contribution is -2.21. The molecule has 22 heavy (non-hydrogen) atoms. The highest BCUT2D eigenvalue weighted by atomic mass is 16.2. The third kappa shape index (κ3) is 4.19. The normalized spacial score (nSPS) is 10.6. The standard InChI is InChI=1S/C18H21N3O/c1-3-21(4-2)17-12-10-15(11-13-17)14-19-20-18(22)16-8-6-5-7-9-16/h5-14H,3-4H2,1-2H3,(H,20,22)/b19-14-. The minimum absolute atomic E-state index is 0.211. The van der Waals surface area contributed by atoms with Gasteiger partial charge in [-0.05, 0) is 43.7 Å². The zero-order valence-electron chi connectivity index (χ0n) is 13.0. The molecule has 0 bridgehead atoms. The van der Waals surface area contributed by atoms with Crippen molar-refractivity contribution < 1.29 is 4.79 Å². The molecule has 0 atom stereocenters. The van der Waals surface area contributed by atoms with E-state index in [1.807, 2.05) is 30.3 Å². The summed E-state index contributed by atoms with van der Waals surface area (Å²) in [7, 11) is 0. The molecule has 114 valence electrons. The molecule has 0 spiro atoms. The van der Waals surface area contributed by atoms with Crippen LogP contribution in [0.25, 0.3) is 0 Å². The van der Waals surface area contributed by atoms with Crippen LogP contribution in [0, 0.1) is 0 Å². The Kier molecular flexibility index (Phi) is 5.72. The molecule has 1 amide bonds. The van der Waals surface area contributed by atoms with E-state index in [1.165, 1.54) is 5.69 Å². The van der Waals surface area contributed by atoms with Crippen LogP contribution in [0.5, 0.6) is 0 Å². The molecule has 2 aromatic rings. The molecule has 0 saturated carbocycles. The summed E-state index contributed by atoms with van der Waals surface area (Å²) in [4.78, 5) is 14.1. The van der Waals surface area contributed by atoms with Gasteiger partial charge in [-0.3, -0.25) is 4.79 Å². The number of benzene rings is 2. The Morgan fingerprint density at radius 3 is 2.27 bits per heavy atom. The predicted molar refractivity (Wildman–Crippen MR) is 91.5 cm³/mol. The molecule has 0 heterocycles. The van der Waals surface area contributed by atoms with Crippen molar-refractivity contribution in [2.75, 3.05) is 18.0 Å². The third-order valence-corrected chi connectivity index (χ3v) is 3.44. The summed E-state index contributed by atoms with van der Waals surface area (Å²) in [5, 5.41) is 3.99. The first-order valence-corrected chi connectivity index (χ1v) is 7.48. The molecule has 0 fully saturated rings. The van der Waals surface area contributed by atoms with Gasteiger partial charge in [-0.25, -0.2) is 5.43 Å². The van der Waals surface area contributed by atoms with E-state index in [0.29, 0.717) is 5.56 Å². The van der Waals surface area contributed by atoms with Crippen LogP contribution in [0.1, 0.15) is 29.8 Å². The minimum atomic E-state index is -0.211. The summed E-state index contributed by atoms with van der Waals surface area (Å²) in [6.45, 7) is 6.24. The Labute approximate surface area is 131 Å². The third-order valence-electron chi connectivity index (χ3n) is 3.44. The number of rotatable bonds is 6. The van der Waals surface area contributed by atoms with E-state index in [0.717, 1.165) is 18.7 Å². The predicted octanol–water partition coefficient (Wildman–Crippen LogP) is 3.30. The van der Waals surface area contributed by atoms with Crippen molar-refractivity contribution in [2.45, 2.75) is 13.8 Å². The molecule has 0 aromatic heterocycles. The Morgan fingerprint density at radius 1 is 1.05 bits per heavy atom. The maximum Gasteiger partial charge on any atom is 0.271 e. The Balaban J connectivity index is 1.95. The van der Waals surface area contributed by atoms with Crippen LogP contribution in [0.15, 0.2) is 59.7 Å². The molecule has 0 aliphatic heterocycles. The average molecular weight is 295 g/mol. The van der Waals surface area contributed by atoms with E-state index >= 15 is 0 Å². The molecule has 4 nitrogen and oxygen atoms in total. The van der Waals surface area contributed by atoms with Gasteiger partial charge in [-0.15, -0.1) is 0 Å². The van der Waals surface area contributed by atoms with Gasteiger partial charge >= 0.3 is 0 Å². The number of nitrogens with one attached hydrogen (secondary N) is 1. The maximum absolute atomic E-state index is 11.8. The van der Waals surface area contributed by atoms with Crippen molar-refractivity contribution in [3.63, 3.8) is 0 Å². The van der Waals surface area contributed by atoms with Gasteiger partial charge in [-0.2, -0.15) is 5.10 Å². The van der Waals surface area contributed by atoms with E-state index < -0.39 is 0 Å². The smallest absolute Gasteiger partial charge is 0.271 e. The van der Waals surface area contributed by atoms with Crippen molar-refractivity contribution in [3.8, 4) is 0 Å². The Bertz CT molecular complexity index is 617. The number of nitrogens with zero attached hydrogens (tertiary/aromatic N) is 2. The van der Waals surface area contributed by atoms with Gasteiger partial charge < -0.3 is 4.90 Å². The van der Waals surface area contributed by atoms with Crippen LogP contribution in [-0.2, 0) is 0 Å². The quantitative estimate of drug-likeness (QED) is 0.656. The van der Waals surface area contributed by atoms with Crippen LogP contribution in [0.4, 0.5) is 5.69 Å². The van der Waals surface area contributed by atoms with Crippen LogP contribution >= 0.6 is 0 Å². The molecule has 0 unspecified atom stereocenters. The fourth-order valence-electron chi connectivity index (χ4n) is 2.18. The SMILES string of the molecule is CCN(CC)c1ccc(/C=N\NC(=O)c2ccccc2)cc1. The second-order valence-corrected chi connectivity index (χ2v) is 4.83. The highest BCUT2D eigenvalue weighted by Crippen LogP contribution is 2.13. The second kappa shape index (κ2) is 7.98. The zero-order chi connectivity index (χ0) is 15.8. The molecular formula is C18H21N3O. The van der Waals surface area contributed by atoms with Crippen LogP contribution in [-0.4, -0.2) is 25.2 Å². The zero-order valence-corrected chi connectivity index (χ0v) is 13.0. The van der Waals surface area contributed by atoms with Gasteiger partial charge in [-0.1, -0.05) is 30.3 Å². The van der Waals surface area contributed by atoms with Crippen LogP contribution in [0.3, 0.4) is 0 Å².